The number of aromatic nitrogens is 1. The van der Waals surface area contributed by atoms with Crippen molar-refractivity contribution < 1.29 is 14.1 Å². The molecule has 0 saturated heterocycles. The first-order chi connectivity index (χ1) is 14.1. The van der Waals surface area contributed by atoms with Gasteiger partial charge in [0, 0.05) is 23.2 Å². The molecular weight excluding hydrogens is 390 g/mol. The first-order valence-electron chi connectivity index (χ1n) is 9.14. The van der Waals surface area contributed by atoms with Crippen molar-refractivity contribution >= 4 is 23.2 Å². The van der Waals surface area contributed by atoms with Crippen LogP contribution in [0.3, 0.4) is 0 Å². The number of carbonyl (C=O) groups is 1. The highest BCUT2D eigenvalue weighted by atomic mass is 35.5. The lowest BCUT2D eigenvalue weighted by Gasteiger charge is -2.12. The Bertz CT molecular complexity index is 1000. The second-order valence-electron chi connectivity index (χ2n) is 6.49. The smallest absolute Gasteiger partial charge is 0.229 e. The Kier molecular flexibility index (Phi) is 6.88. The van der Waals surface area contributed by atoms with Gasteiger partial charge in [-0.3, -0.25) is 4.79 Å². The van der Waals surface area contributed by atoms with Crippen LogP contribution in [0.4, 0.5) is 5.69 Å². The van der Waals surface area contributed by atoms with E-state index in [4.69, 9.17) is 26.1 Å². The third-order valence-electron chi connectivity index (χ3n) is 4.43. The topological polar surface area (TPSA) is 88.2 Å². The van der Waals surface area contributed by atoms with Gasteiger partial charge in [-0.2, -0.15) is 5.26 Å². The van der Waals surface area contributed by atoms with Gasteiger partial charge in [-0.1, -0.05) is 35.5 Å². The molecule has 0 unspecified atom stereocenters. The number of para-hydroxylation sites is 1. The minimum absolute atomic E-state index is 0.130. The molecule has 6 nitrogen and oxygen atoms in total. The number of nitrogens with zero attached hydrogens (tertiary/aromatic N) is 2. The molecule has 1 N–H and O–H groups in total. The number of rotatable bonds is 8. The minimum atomic E-state index is -0.130. The zero-order valence-electron chi connectivity index (χ0n) is 15.9. The summed E-state index contributed by atoms with van der Waals surface area (Å²) in [5, 5.41) is 15.7. The molecule has 0 aliphatic carbocycles. The second kappa shape index (κ2) is 9.76. The number of hydrogen-bond donors (Lipinski definition) is 1. The van der Waals surface area contributed by atoms with E-state index in [1.807, 2.05) is 48.5 Å². The van der Waals surface area contributed by atoms with Gasteiger partial charge in [-0.15, -0.1) is 0 Å². The minimum Gasteiger partial charge on any atom is -0.489 e. The molecule has 0 radical (unpaired) electrons. The van der Waals surface area contributed by atoms with Crippen LogP contribution in [0.2, 0.25) is 5.22 Å². The maximum absolute atomic E-state index is 12.4. The summed E-state index contributed by atoms with van der Waals surface area (Å²) in [6, 6.07) is 17.0. The number of nitriles is 1. The lowest BCUT2D eigenvalue weighted by molar-refractivity contribution is -0.116. The fourth-order valence-electron chi connectivity index (χ4n) is 2.82. The lowest BCUT2D eigenvalue weighted by Crippen LogP contribution is -2.14. The van der Waals surface area contributed by atoms with E-state index in [9.17, 15) is 4.79 Å². The van der Waals surface area contributed by atoms with Crippen LogP contribution in [0.5, 0.6) is 5.75 Å². The number of halogens is 1. The Balaban J connectivity index is 1.58. The first-order valence-corrected chi connectivity index (χ1v) is 9.51. The number of nitrogens with one attached hydrogen (secondary N) is 1. The quantitative estimate of drug-likeness (QED) is 0.574. The van der Waals surface area contributed by atoms with Gasteiger partial charge in [-0.05, 0) is 48.7 Å². The van der Waals surface area contributed by atoms with Gasteiger partial charge in [0.25, 0.3) is 0 Å². The monoisotopic (exact) mass is 409 g/mol. The molecule has 0 aliphatic rings. The number of ether oxygens (including phenoxy) is 1. The van der Waals surface area contributed by atoms with Crippen LogP contribution in [0.25, 0.3) is 0 Å². The molecule has 3 rings (SSSR count). The van der Waals surface area contributed by atoms with Crippen LogP contribution in [-0.4, -0.2) is 11.1 Å². The van der Waals surface area contributed by atoms with Crippen molar-refractivity contribution in [2.24, 2.45) is 0 Å². The second-order valence-corrected chi connectivity index (χ2v) is 6.84. The van der Waals surface area contributed by atoms with Crippen LogP contribution >= 0.6 is 11.6 Å². The van der Waals surface area contributed by atoms with Crippen LogP contribution in [0.1, 0.15) is 28.8 Å². The average Bonchev–Trinajstić information content (AvgIpc) is 3.04. The summed E-state index contributed by atoms with van der Waals surface area (Å²) in [4.78, 5) is 12.4. The van der Waals surface area contributed by atoms with Gasteiger partial charge in [0.15, 0.2) is 0 Å². The molecule has 1 heterocycles. The lowest BCUT2D eigenvalue weighted by atomic mass is 10.1. The zero-order chi connectivity index (χ0) is 20.6. The molecule has 3 aromatic rings. The fraction of sp³-hybridized carbons (Fsp3) is 0.227. The van der Waals surface area contributed by atoms with E-state index < -0.39 is 0 Å². The Morgan fingerprint density at radius 1 is 1.24 bits per heavy atom. The molecule has 1 amide bonds. The predicted octanol–water partition coefficient (Wildman–Crippen LogP) is 4.85. The number of carbonyl (C=O) groups excluding carboxylic acids is 1. The summed E-state index contributed by atoms with van der Waals surface area (Å²) in [6.07, 6.45) is 1.08. The predicted molar refractivity (Wildman–Crippen MR) is 110 cm³/mol. The van der Waals surface area contributed by atoms with Crippen molar-refractivity contribution in [3.63, 3.8) is 0 Å². The highest BCUT2D eigenvalue weighted by Crippen LogP contribution is 2.22. The molecule has 0 aliphatic heterocycles. The van der Waals surface area contributed by atoms with Crippen LogP contribution in [0, 0.1) is 18.3 Å². The van der Waals surface area contributed by atoms with Crippen molar-refractivity contribution in [1.29, 1.82) is 5.26 Å². The van der Waals surface area contributed by atoms with Crippen molar-refractivity contribution in [1.82, 2.24) is 5.16 Å². The summed E-state index contributed by atoms with van der Waals surface area (Å²) in [6.45, 7) is 2.10. The summed E-state index contributed by atoms with van der Waals surface area (Å²) < 4.78 is 10.7. The standard InChI is InChI=1S/C22H20ClN3O3/c1-15-19(22(23)29-26-15)10-11-21(27)25-20-5-3-2-4-17(20)14-28-18-8-6-16(7-9-18)12-13-24/h2-9H,10-12,14H2,1H3,(H,25,27). The van der Waals surface area contributed by atoms with Gasteiger partial charge < -0.3 is 14.6 Å². The molecule has 7 heteroatoms. The van der Waals surface area contributed by atoms with Gasteiger partial charge in [-0.25, -0.2) is 0 Å². The normalized spacial score (nSPS) is 10.4. The van der Waals surface area contributed by atoms with Crippen molar-refractivity contribution in [3.8, 4) is 11.8 Å². The van der Waals surface area contributed by atoms with Crippen LogP contribution in [-0.2, 0) is 24.2 Å². The number of benzene rings is 2. The number of aryl methyl sites for hydroxylation is 1. The summed E-state index contributed by atoms with van der Waals surface area (Å²) in [7, 11) is 0. The zero-order valence-corrected chi connectivity index (χ0v) is 16.7. The van der Waals surface area contributed by atoms with Crippen molar-refractivity contribution in [2.45, 2.75) is 32.8 Å². The Morgan fingerprint density at radius 3 is 2.69 bits per heavy atom. The van der Waals surface area contributed by atoms with E-state index in [2.05, 4.69) is 16.5 Å². The van der Waals surface area contributed by atoms with E-state index in [-0.39, 0.29) is 17.5 Å². The third kappa shape index (κ3) is 5.59. The van der Waals surface area contributed by atoms with E-state index in [0.717, 1.165) is 16.7 Å². The molecular formula is C22H20ClN3O3. The molecule has 0 spiro atoms. The molecule has 148 valence electrons. The molecule has 0 bridgehead atoms. The third-order valence-corrected chi connectivity index (χ3v) is 4.73. The number of amides is 1. The maximum Gasteiger partial charge on any atom is 0.229 e. The molecule has 0 saturated carbocycles. The number of hydrogen-bond acceptors (Lipinski definition) is 5. The molecule has 2 aromatic carbocycles. The van der Waals surface area contributed by atoms with Gasteiger partial charge in [0.05, 0.1) is 18.2 Å². The highest BCUT2D eigenvalue weighted by molar-refractivity contribution is 6.29. The SMILES string of the molecule is Cc1noc(Cl)c1CCC(=O)Nc1ccccc1COc1ccc(CC#N)cc1. The van der Waals surface area contributed by atoms with E-state index in [1.54, 1.807) is 6.92 Å². The molecule has 29 heavy (non-hydrogen) atoms. The fourth-order valence-corrected chi connectivity index (χ4v) is 3.08. The van der Waals surface area contributed by atoms with Crippen molar-refractivity contribution in [2.75, 3.05) is 5.32 Å². The van der Waals surface area contributed by atoms with E-state index in [0.29, 0.717) is 36.6 Å². The molecule has 0 fully saturated rings. The van der Waals surface area contributed by atoms with Gasteiger partial charge in [0.2, 0.25) is 11.1 Å². The van der Waals surface area contributed by atoms with E-state index >= 15 is 0 Å². The molecule has 0 atom stereocenters. The Hall–Kier alpha value is -3.30. The Labute approximate surface area is 174 Å². The van der Waals surface area contributed by atoms with E-state index in [1.165, 1.54) is 0 Å². The highest BCUT2D eigenvalue weighted by Gasteiger charge is 2.13. The van der Waals surface area contributed by atoms with Gasteiger partial charge >= 0.3 is 0 Å². The first kappa shape index (κ1) is 20.4. The van der Waals surface area contributed by atoms with Gasteiger partial charge in [0.1, 0.15) is 12.4 Å². The summed E-state index contributed by atoms with van der Waals surface area (Å²) in [5.74, 6) is 0.570. The largest absolute Gasteiger partial charge is 0.489 e. The van der Waals surface area contributed by atoms with Crippen molar-refractivity contribution in [3.05, 3.63) is 76.1 Å². The van der Waals surface area contributed by atoms with Crippen LogP contribution < -0.4 is 10.1 Å². The van der Waals surface area contributed by atoms with Crippen LogP contribution in [0.15, 0.2) is 53.1 Å². The summed E-state index contributed by atoms with van der Waals surface area (Å²) >= 11 is 5.95. The number of anilines is 1. The Morgan fingerprint density at radius 2 is 2.00 bits per heavy atom. The molecule has 1 aromatic heterocycles. The summed E-state index contributed by atoms with van der Waals surface area (Å²) in [5.41, 5.74) is 3.94. The maximum atomic E-state index is 12.4. The average molecular weight is 410 g/mol.